The minimum atomic E-state index is -0.652. The van der Waals surface area contributed by atoms with Crippen LogP contribution in [0.3, 0.4) is 0 Å². The molecule has 2 N–H and O–H groups in total. The van der Waals surface area contributed by atoms with E-state index in [9.17, 15) is 14.3 Å². The first kappa shape index (κ1) is 26.9. The Bertz CT molecular complexity index is 1380. The Morgan fingerprint density at radius 1 is 1.15 bits per heavy atom. The number of carboxylic acid groups (broad SMARTS) is 1. The van der Waals surface area contributed by atoms with Crippen molar-refractivity contribution in [3.63, 3.8) is 0 Å². The van der Waals surface area contributed by atoms with Crippen molar-refractivity contribution < 1.29 is 14.3 Å². The van der Waals surface area contributed by atoms with Crippen LogP contribution in [0.2, 0.25) is 0 Å². The highest BCUT2D eigenvalue weighted by Crippen LogP contribution is 2.45. The van der Waals surface area contributed by atoms with E-state index in [0.717, 1.165) is 74.6 Å². The number of carbonyl (C=O) groups is 1. The smallest absolute Gasteiger partial charge is 0.309 e. The Kier molecular flexibility index (Phi) is 7.14. The molecule has 40 heavy (non-hydrogen) atoms. The summed E-state index contributed by atoms with van der Waals surface area (Å²) in [4.78, 5) is 25.7. The molecule has 1 aromatic carbocycles. The molecule has 2 aliphatic heterocycles. The molecular weight excluding hydrogens is 509 g/mol. The van der Waals surface area contributed by atoms with Crippen molar-refractivity contribution in [2.24, 2.45) is 17.3 Å². The highest BCUT2D eigenvalue weighted by atomic mass is 19.1. The number of piperidine rings is 2. The lowest BCUT2D eigenvalue weighted by Crippen LogP contribution is -2.56. The van der Waals surface area contributed by atoms with E-state index in [2.05, 4.69) is 38.2 Å². The number of anilines is 2. The first-order valence-electron chi connectivity index (χ1n) is 14.7. The molecule has 9 nitrogen and oxygen atoms in total. The number of benzene rings is 1. The number of fused-ring (bicyclic) bond motifs is 1. The molecule has 2 saturated heterocycles. The van der Waals surface area contributed by atoms with Crippen LogP contribution in [0.1, 0.15) is 69.5 Å². The van der Waals surface area contributed by atoms with E-state index in [0.29, 0.717) is 23.7 Å². The minimum Gasteiger partial charge on any atom is -0.481 e. The molecule has 3 aliphatic rings. The normalized spacial score (nSPS) is 26.9. The van der Waals surface area contributed by atoms with Crippen molar-refractivity contribution in [2.45, 2.75) is 71.4 Å². The summed E-state index contributed by atoms with van der Waals surface area (Å²) in [6.45, 7) is 9.98. The number of nitrogens with one attached hydrogen (secondary N) is 1. The van der Waals surface area contributed by atoms with E-state index >= 15 is 0 Å². The first-order chi connectivity index (χ1) is 19.2. The number of halogens is 1. The summed E-state index contributed by atoms with van der Waals surface area (Å²) in [7, 11) is 0. The van der Waals surface area contributed by atoms with E-state index in [1.54, 1.807) is 10.6 Å². The highest BCUT2D eigenvalue weighted by Gasteiger charge is 2.49. The van der Waals surface area contributed by atoms with Gasteiger partial charge in [0.1, 0.15) is 23.8 Å². The summed E-state index contributed by atoms with van der Waals surface area (Å²) < 4.78 is 15.4. The van der Waals surface area contributed by atoms with Gasteiger partial charge in [-0.25, -0.2) is 4.39 Å². The lowest BCUT2D eigenvalue weighted by molar-refractivity contribution is -0.158. The maximum Gasteiger partial charge on any atom is 0.309 e. The molecule has 3 fully saturated rings. The van der Waals surface area contributed by atoms with Crippen molar-refractivity contribution in [3.8, 4) is 0 Å². The highest BCUT2D eigenvalue weighted by molar-refractivity contribution is 5.75. The van der Waals surface area contributed by atoms with Crippen molar-refractivity contribution >= 4 is 23.4 Å². The number of carboxylic acids is 1. The van der Waals surface area contributed by atoms with Gasteiger partial charge in [0.2, 0.25) is 0 Å². The number of aromatic nitrogens is 4. The molecule has 2 aromatic heterocycles. The Balaban J connectivity index is 1.10. The van der Waals surface area contributed by atoms with Crippen LogP contribution in [0.25, 0.3) is 5.78 Å². The third kappa shape index (κ3) is 5.13. The lowest BCUT2D eigenvalue weighted by Gasteiger charge is -2.51. The maximum absolute atomic E-state index is 13.7. The maximum atomic E-state index is 13.7. The second-order valence-corrected chi connectivity index (χ2v) is 12.5. The van der Waals surface area contributed by atoms with Gasteiger partial charge in [-0.05, 0) is 101 Å². The molecule has 0 radical (unpaired) electrons. The molecule has 3 aromatic rings. The summed E-state index contributed by atoms with van der Waals surface area (Å²) in [5.74, 6) is 2.75. The zero-order chi connectivity index (χ0) is 28.0. The zero-order valence-electron chi connectivity index (χ0n) is 23.7. The van der Waals surface area contributed by atoms with Crippen LogP contribution in [0.4, 0.5) is 16.0 Å². The molecule has 0 unspecified atom stereocenters. The minimum absolute atomic E-state index is 0.0488. The predicted molar refractivity (Wildman–Crippen MR) is 152 cm³/mol. The SMILES string of the molecule is Cc1cc(F)ccc1[C@@H](C)Nc1cc(N2CCC([C@H]3CCCN(C4CC(C)(C(=O)O)C4)C3)CC2)nc2ncnn12. The van der Waals surface area contributed by atoms with Gasteiger partial charge in [0.25, 0.3) is 5.78 Å². The number of hydrogen-bond donors (Lipinski definition) is 2. The molecule has 0 bridgehead atoms. The second kappa shape index (κ2) is 10.6. The molecule has 0 spiro atoms. The second-order valence-electron chi connectivity index (χ2n) is 12.5. The monoisotopic (exact) mass is 549 g/mol. The molecule has 6 rings (SSSR count). The molecule has 4 heterocycles. The van der Waals surface area contributed by atoms with Crippen molar-refractivity contribution in [1.29, 1.82) is 0 Å². The lowest BCUT2D eigenvalue weighted by atomic mass is 9.65. The van der Waals surface area contributed by atoms with Crippen LogP contribution in [-0.4, -0.2) is 67.8 Å². The number of rotatable bonds is 7. The van der Waals surface area contributed by atoms with Gasteiger partial charge in [-0.3, -0.25) is 4.79 Å². The quantitative estimate of drug-likeness (QED) is 0.428. The van der Waals surface area contributed by atoms with Crippen LogP contribution >= 0.6 is 0 Å². The molecule has 0 amide bonds. The Labute approximate surface area is 234 Å². The summed E-state index contributed by atoms with van der Waals surface area (Å²) in [6, 6.07) is 7.32. The van der Waals surface area contributed by atoms with Gasteiger partial charge in [-0.1, -0.05) is 6.07 Å². The van der Waals surface area contributed by atoms with Crippen LogP contribution in [0.5, 0.6) is 0 Å². The van der Waals surface area contributed by atoms with Gasteiger partial charge in [0.05, 0.1) is 11.5 Å². The van der Waals surface area contributed by atoms with Gasteiger partial charge in [-0.2, -0.15) is 19.6 Å². The number of nitrogens with zero attached hydrogens (tertiary/aromatic N) is 6. The topological polar surface area (TPSA) is 98.9 Å². The Morgan fingerprint density at radius 2 is 1.93 bits per heavy atom. The molecule has 2 atom stereocenters. The fourth-order valence-corrected chi connectivity index (χ4v) is 7.26. The van der Waals surface area contributed by atoms with E-state index in [1.807, 2.05) is 19.9 Å². The summed E-state index contributed by atoms with van der Waals surface area (Å²) in [5.41, 5.74) is 1.40. The van der Waals surface area contributed by atoms with E-state index < -0.39 is 11.4 Å². The van der Waals surface area contributed by atoms with Crippen LogP contribution in [0, 0.1) is 30.0 Å². The zero-order valence-corrected chi connectivity index (χ0v) is 23.7. The van der Waals surface area contributed by atoms with Crippen molar-refractivity contribution in [1.82, 2.24) is 24.5 Å². The van der Waals surface area contributed by atoms with Gasteiger partial charge < -0.3 is 20.2 Å². The van der Waals surface area contributed by atoms with Gasteiger partial charge in [0, 0.05) is 31.7 Å². The van der Waals surface area contributed by atoms with Gasteiger partial charge in [0.15, 0.2) is 0 Å². The van der Waals surface area contributed by atoms with Crippen molar-refractivity contribution in [2.75, 3.05) is 36.4 Å². The first-order valence-corrected chi connectivity index (χ1v) is 14.7. The fourth-order valence-electron chi connectivity index (χ4n) is 7.26. The predicted octanol–water partition coefficient (Wildman–Crippen LogP) is 4.93. The summed E-state index contributed by atoms with van der Waals surface area (Å²) in [5, 5.41) is 17.4. The van der Waals surface area contributed by atoms with Crippen molar-refractivity contribution in [3.05, 3.63) is 47.5 Å². The van der Waals surface area contributed by atoms with Crippen LogP contribution < -0.4 is 10.2 Å². The molecule has 10 heteroatoms. The average Bonchev–Trinajstić information content (AvgIpc) is 3.40. The van der Waals surface area contributed by atoms with E-state index in [1.165, 1.54) is 25.2 Å². The largest absolute Gasteiger partial charge is 0.481 e. The molecule has 214 valence electrons. The molecular formula is C30H40FN7O2. The summed E-state index contributed by atoms with van der Waals surface area (Å²) >= 11 is 0. The summed E-state index contributed by atoms with van der Waals surface area (Å²) in [6.07, 6.45) is 7.81. The van der Waals surface area contributed by atoms with Gasteiger partial charge in [-0.15, -0.1) is 0 Å². The van der Waals surface area contributed by atoms with Crippen LogP contribution in [-0.2, 0) is 4.79 Å². The Hall–Kier alpha value is -3.27. The van der Waals surface area contributed by atoms with Gasteiger partial charge >= 0.3 is 5.97 Å². The third-order valence-electron chi connectivity index (χ3n) is 9.73. The standard InChI is InChI=1S/C30H40FN7O2/c1-19-13-23(31)6-7-25(19)20(2)34-27-14-26(35-29-32-18-33-38(27)29)36-11-8-21(9-12-36)22-5-4-10-37(17-22)24-15-30(3,16-24)28(39)40/h6-7,13-14,18,20-22,24,34H,4-5,8-12,15-17H2,1-3H3,(H,39,40)/t20-,22+,24?,30?/m1/s1. The number of hydrogen-bond acceptors (Lipinski definition) is 7. The van der Waals surface area contributed by atoms with Crippen LogP contribution in [0.15, 0.2) is 30.6 Å². The Morgan fingerprint density at radius 3 is 2.65 bits per heavy atom. The van der Waals surface area contributed by atoms with E-state index in [4.69, 9.17) is 4.98 Å². The molecule has 1 aliphatic carbocycles. The third-order valence-corrected chi connectivity index (χ3v) is 9.73. The van der Waals surface area contributed by atoms with E-state index in [-0.39, 0.29) is 11.9 Å². The number of aliphatic carboxylic acids is 1. The fraction of sp³-hybridized carbons (Fsp3) is 0.600. The molecule has 1 saturated carbocycles. The number of aryl methyl sites for hydroxylation is 1. The average molecular weight is 550 g/mol. The number of likely N-dealkylation sites (tertiary alicyclic amines) is 1.